The lowest BCUT2D eigenvalue weighted by Gasteiger charge is -2.11. The van der Waals surface area contributed by atoms with Gasteiger partial charge in [-0.3, -0.25) is 4.79 Å². The van der Waals surface area contributed by atoms with E-state index >= 15 is 0 Å². The summed E-state index contributed by atoms with van der Waals surface area (Å²) in [6.07, 6.45) is 0.605. The Kier molecular flexibility index (Phi) is 3.24. The average Bonchev–Trinajstić information content (AvgIpc) is 2.28. The van der Waals surface area contributed by atoms with E-state index in [1.54, 1.807) is 19.9 Å². The molecular formula is C15H12F2O. The Labute approximate surface area is 104 Å². The van der Waals surface area contributed by atoms with E-state index in [9.17, 15) is 13.6 Å². The molecule has 0 spiro atoms. The number of aryl methyl sites for hydroxylation is 2. The lowest BCUT2D eigenvalue weighted by molar-refractivity contribution is 0.112. The van der Waals surface area contributed by atoms with Crippen LogP contribution in [0.15, 0.2) is 30.3 Å². The Balaban J connectivity index is 2.76. The first-order valence-corrected chi connectivity index (χ1v) is 5.55. The maximum absolute atomic E-state index is 14.0. The minimum Gasteiger partial charge on any atom is -0.298 e. The zero-order chi connectivity index (χ0) is 13.3. The quantitative estimate of drug-likeness (QED) is 0.730. The highest BCUT2D eigenvalue weighted by atomic mass is 19.1. The predicted molar refractivity (Wildman–Crippen MR) is 66.7 cm³/mol. The van der Waals surface area contributed by atoms with Crippen LogP contribution in [0, 0.1) is 25.5 Å². The molecule has 0 atom stereocenters. The maximum Gasteiger partial charge on any atom is 0.150 e. The standard InChI is InChI=1S/C15H12F2O/c1-9-5-10(2)15(14(17)6-9)13-7-12(16)4-3-11(13)8-18/h3-8H,1-2H3. The zero-order valence-corrected chi connectivity index (χ0v) is 10.1. The van der Waals surface area contributed by atoms with Gasteiger partial charge in [0.15, 0.2) is 6.29 Å². The Morgan fingerprint density at radius 2 is 1.78 bits per heavy atom. The largest absolute Gasteiger partial charge is 0.298 e. The van der Waals surface area contributed by atoms with Gasteiger partial charge in [0.25, 0.3) is 0 Å². The highest BCUT2D eigenvalue weighted by Crippen LogP contribution is 2.30. The van der Waals surface area contributed by atoms with Crippen LogP contribution in [0.3, 0.4) is 0 Å². The van der Waals surface area contributed by atoms with E-state index in [-0.39, 0.29) is 11.1 Å². The SMILES string of the molecule is Cc1cc(C)c(-c2cc(F)ccc2C=O)c(F)c1. The molecule has 0 amide bonds. The fourth-order valence-corrected chi connectivity index (χ4v) is 2.10. The molecule has 0 saturated carbocycles. The van der Waals surface area contributed by atoms with Crippen molar-refractivity contribution in [2.75, 3.05) is 0 Å². The van der Waals surface area contributed by atoms with Gasteiger partial charge in [-0.05, 0) is 54.8 Å². The third-order valence-electron chi connectivity index (χ3n) is 2.84. The Morgan fingerprint density at radius 1 is 1.06 bits per heavy atom. The molecule has 1 nitrogen and oxygen atoms in total. The predicted octanol–water partition coefficient (Wildman–Crippen LogP) is 4.06. The third kappa shape index (κ3) is 2.16. The van der Waals surface area contributed by atoms with E-state index in [0.29, 0.717) is 17.4 Å². The molecule has 0 aliphatic rings. The number of halogens is 2. The number of carbonyl (C=O) groups excluding carboxylic acids is 1. The van der Waals surface area contributed by atoms with Gasteiger partial charge in [-0.1, -0.05) is 6.07 Å². The first-order chi connectivity index (χ1) is 8.52. The molecule has 2 rings (SSSR count). The van der Waals surface area contributed by atoms with Crippen LogP contribution in [0.25, 0.3) is 11.1 Å². The molecule has 2 aromatic rings. The summed E-state index contributed by atoms with van der Waals surface area (Å²) < 4.78 is 27.3. The second kappa shape index (κ2) is 4.69. The number of aldehydes is 1. The van der Waals surface area contributed by atoms with E-state index in [1.165, 1.54) is 24.3 Å². The molecule has 18 heavy (non-hydrogen) atoms. The minimum atomic E-state index is -0.491. The van der Waals surface area contributed by atoms with E-state index in [1.807, 2.05) is 0 Å². The van der Waals surface area contributed by atoms with E-state index in [4.69, 9.17) is 0 Å². The third-order valence-corrected chi connectivity index (χ3v) is 2.84. The van der Waals surface area contributed by atoms with Gasteiger partial charge in [0.2, 0.25) is 0 Å². The van der Waals surface area contributed by atoms with E-state index in [2.05, 4.69) is 0 Å². The summed E-state index contributed by atoms with van der Waals surface area (Å²) in [4.78, 5) is 11.0. The Bertz CT molecular complexity index is 595. The second-order valence-corrected chi connectivity index (χ2v) is 4.29. The van der Waals surface area contributed by atoms with Crippen LogP contribution < -0.4 is 0 Å². The molecule has 0 aliphatic carbocycles. The second-order valence-electron chi connectivity index (χ2n) is 4.29. The molecule has 0 aromatic heterocycles. The average molecular weight is 246 g/mol. The molecule has 0 unspecified atom stereocenters. The molecule has 92 valence electrons. The number of rotatable bonds is 2. The maximum atomic E-state index is 14.0. The van der Waals surface area contributed by atoms with E-state index < -0.39 is 11.6 Å². The van der Waals surface area contributed by atoms with Crippen LogP contribution in [-0.2, 0) is 0 Å². The van der Waals surface area contributed by atoms with Crippen molar-refractivity contribution >= 4 is 6.29 Å². The van der Waals surface area contributed by atoms with Crippen molar-refractivity contribution in [1.29, 1.82) is 0 Å². The van der Waals surface area contributed by atoms with E-state index in [0.717, 1.165) is 5.56 Å². The molecule has 0 N–H and O–H groups in total. The van der Waals surface area contributed by atoms with Crippen molar-refractivity contribution in [1.82, 2.24) is 0 Å². The van der Waals surface area contributed by atoms with Gasteiger partial charge < -0.3 is 0 Å². The molecule has 0 radical (unpaired) electrons. The van der Waals surface area contributed by atoms with Crippen molar-refractivity contribution < 1.29 is 13.6 Å². The van der Waals surface area contributed by atoms with Crippen molar-refractivity contribution in [3.05, 3.63) is 58.7 Å². The fraction of sp³-hybridized carbons (Fsp3) is 0.133. The number of benzene rings is 2. The summed E-state index contributed by atoms with van der Waals surface area (Å²) in [5.41, 5.74) is 2.32. The fourth-order valence-electron chi connectivity index (χ4n) is 2.10. The van der Waals surface area contributed by atoms with Gasteiger partial charge in [-0.2, -0.15) is 0 Å². The van der Waals surface area contributed by atoms with Gasteiger partial charge >= 0.3 is 0 Å². The van der Waals surface area contributed by atoms with Crippen LogP contribution in [0.1, 0.15) is 21.5 Å². The first kappa shape index (κ1) is 12.4. The number of hydrogen-bond donors (Lipinski definition) is 0. The summed E-state index contributed by atoms with van der Waals surface area (Å²) in [5.74, 6) is -0.934. The monoisotopic (exact) mass is 246 g/mol. The molecule has 0 heterocycles. The van der Waals surface area contributed by atoms with Crippen LogP contribution in [0.5, 0.6) is 0 Å². The zero-order valence-electron chi connectivity index (χ0n) is 10.1. The normalized spacial score (nSPS) is 10.4. The summed E-state index contributed by atoms with van der Waals surface area (Å²) >= 11 is 0. The Morgan fingerprint density at radius 3 is 2.39 bits per heavy atom. The number of carbonyl (C=O) groups is 1. The Hall–Kier alpha value is -2.03. The lowest BCUT2D eigenvalue weighted by Crippen LogP contribution is -1.96. The van der Waals surface area contributed by atoms with Crippen LogP contribution in [-0.4, -0.2) is 6.29 Å². The smallest absolute Gasteiger partial charge is 0.150 e. The summed E-state index contributed by atoms with van der Waals surface area (Å²) in [6, 6.07) is 6.91. The van der Waals surface area contributed by atoms with Gasteiger partial charge in [0, 0.05) is 11.1 Å². The topological polar surface area (TPSA) is 17.1 Å². The van der Waals surface area contributed by atoms with Crippen molar-refractivity contribution in [3.63, 3.8) is 0 Å². The first-order valence-electron chi connectivity index (χ1n) is 5.55. The lowest BCUT2D eigenvalue weighted by atomic mass is 9.94. The highest BCUT2D eigenvalue weighted by molar-refractivity contribution is 5.88. The molecule has 0 saturated heterocycles. The van der Waals surface area contributed by atoms with Crippen LogP contribution >= 0.6 is 0 Å². The molecule has 2 aromatic carbocycles. The summed E-state index contributed by atoms with van der Waals surface area (Å²) in [6.45, 7) is 3.52. The van der Waals surface area contributed by atoms with Gasteiger partial charge in [0.05, 0.1) is 0 Å². The minimum absolute atomic E-state index is 0.280. The van der Waals surface area contributed by atoms with Crippen LogP contribution in [0.4, 0.5) is 8.78 Å². The molecule has 0 bridgehead atoms. The summed E-state index contributed by atoms with van der Waals surface area (Å²) in [5, 5.41) is 0. The highest BCUT2D eigenvalue weighted by Gasteiger charge is 2.14. The summed E-state index contributed by atoms with van der Waals surface area (Å²) in [7, 11) is 0. The molecule has 0 fully saturated rings. The van der Waals surface area contributed by atoms with Crippen LogP contribution in [0.2, 0.25) is 0 Å². The molecular weight excluding hydrogens is 234 g/mol. The van der Waals surface area contributed by atoms with Crippen molar-refractivity contribution in [2.24, 2.45) is 0 Å². The molecule has 0 aliphatic heterocycles. The molecule has 3 heteroatoms. The van der Waals surface area contributed by atoms with Crippen molar-refractivity contribution in [3.8, 4) is 11.1 Å². The van der Waals surface area contributed by atoms with Gasteiger partial charge in [-0.25, -0.2) is 8.78 Å². The van der Waals surface area contributed by atoms with Gasteiger partial charge in [-0.15, -0.1) is 0 Å². The van der Waals surface area contributed by atoms with Crippen molar-refractivity contribution in [2.45, 2.75) is 13.8 Å². The van der Waals surface area contributed by atoms with Gasteiger partial charge in [0.1, 0.15) is 11.6 Å². The number of hydrogen-bond acceptors (Lipinski definition) is 1.